The van der Waals surface area contributed by atoms with Crippen molar-refractivity contribution in [2.75, 3.05) is 18.1 Å². The number of hydrogen-bond donors (Lipinski definition) is 0. The summed E-state index contributed by atoms with van der Waals surface area (Å²) in [5, 5.41) is 0. The number of alkyl halides is 7. The second-order valence-corrected chi connectivity index (χ2v) is 7.65. The molecule has 1 aromatic heterocycles. The zero-order chi connectivity index (χ0) is 26.6. The van der Waals surface area contributed by atoms with Crippen LogP contribution in [-0.4, -0.2) is 46.8 Å². The largest absolute Gasteiger partial charge is 0.471 e. The van der Waals surface area contributed by atoms with Crippen molar-refractivity contribution in [1.29, 1.82) is 0 Å². The van der Waals surface area contributed by atoms with E-state index in [4.69, 9.17) is 9.47 Å². The predicted octanol–water partition coefficient (Wildman–Crippen LogP) is 4.69. The molecule has 0 aliphatic rings. The van der Waals surface area contributed by atoms with E-state index in [9.17, 15) is 40.3 Å². The van der Waals surface area contributed by atoms with Crippen molar-refractivity contribution in [2.45, 2.75) is 45.2 Å². The maximum absolute atomic E-state index is 13.1. The molecule has 0 bridgehead atoms. The number of halogens is 7. The summed E-state index contributed by atoms with van der Waals surface area (Å²) in [5.74, 6) is -9.85. The number of carbonyl (C=O) groups is 2. The second kappa shape index (κ2) is 10.4. The molecule has 35 heavy (non-hydrogen) atoms. The quantitative estimate of drug-likeness (QED) is 0.455. The number of ether oxygens (including phenoxy) is 2. The fraction of sp³-hybridized carbons (Fsp3) is 0.429. The Morgan fingerprint density at radius 1 is 0.857 bits per heavy atom. The first-order valence-electron chi connectivity index (χ1n) is 9.84. The van der Waals surface area contributed by atoms with E-state index >= 15 is 0 Å². The Morgan fingerprint density at radius 3 is 1.69 bits per heavy atom. The zero-order valence-electron chi connectivity index (χ0n) is 18.6. The number of imide groups is 1. The van der Waals surface area contributed by atoms with Gasteiger partial charge >= 0.3 is 6.18 Å². The molecule has 0 aliphatic carbocycles. The van der Waals surface area contributed by atoms with Crippen LogP contribution in [-0.2, 0) is 22.2 Å². The first-order valence-corrected chi connectivity index (χ1v) is 9.84. The fourth-order valence-electron chi connectivity index (χ4n) is 2.59. The summed E-state index contributed by atoms with van der Waals surface area (Å²) in [6.07, 6.45) is -5.40. The normalized spacial score (nSPS) is 12.3. The average molecular weight is 511 g/mol. The van der Waals surface area contributed by atoms with E-state index in [-0.39, 0.29) is 5.69 Å². The fourth-order valence-corrected chi connectivity index (χ4v) is 2.59. The highest BCUT2D eigenvalue weighted by Gasteiger charge is 2.31. The van der Waals surface area contributed by atoms with E-state index in [1.165, 1.54) is 0 Å². The third kappa shape index (κ3) is 9.02. The van der Waals surface area contributed by atoms with Gasteiger partial charge in [0, 0.05) is 20.8 Å². The lowest BCUT2D eigenvalue weighted by molar-refractivity contribution is -0.137. The van der Waals surface area contributed by atoms with Crippen molar-refractivity contribution < 1.29 is 49.8 Å². The number of nitrogens with zero attached hydrogens (tertiary/aromatic N) is 3. The van der Waals surface area contributed by atoms with Gasteiger partial charge in [-0.15, -0.1) is 0 Å². The summed E-state index contributed by atoms with van der Waals surface area (Å²) in [6, 6.07) is 4.02. The van der Waals surface area contributed by atoms with Gasteiger partial charge in [0.1, 0.15) is 5.82 Å². The van der Waals surface area contributed by atoms with Crippen LogP contribution >= 0.6 is 0 Å². The average Bonchev–Trinajstić information content (AvgIpc) is 2.69. The number of amides is 2. The minimum Gasteiger partial charge on any atom is -0.471 e. The highest BCUT2D eigenvalue weighted by atomic mass is 19.4. The molecule has 0 spiro atoms. The van der Waals surface area contributed by atoms with Crippen molar-refractivity contribution in [3.8, 4) is 11.8 Å². The molecule has 0 unspecified atom stereocenters. The van der Waals surface area contributed by atoms with Gasteiger partial charge in [-0.25, -0.2) is 17.6 Å². The molecule has 14 heteroatoms. The van der Waals surface area contributed by atoms with Gasteiger partial charge in [-0.05, 0) is 24.3 Å². The SMILES string of the molecule is CC(=O)N(C(=O)Cc1nc(OCC(C)(F)F)cc(OCC(C)(F)F)n1)c1ccc(C(F)(F)F)cc1. The molecule has 0 radical (unpaired) electrons. The van der Waals surface area contributed by atoms with Crippen LogP contribution in [0.5, 0.6) is 11.8 Å². The van der Waals surface area contributed by atoms with Crippen molar-refractivity contribution in [1.82, 2.24) is 9.97 Å². The Hall–Kier alpha value is -3.45. The van der Waals surface area contributed by atoms with Crippen LogP contribution in [0, 0.1) is 0 Å². The molecular formula is C21H20F7N3O4. The van der Waals surface area contributed by atoms with Gasteiger partial charge in [0.15, 0.2) is 13.2 Å². The third-order valence-corrected chi connectivity index (χ3v) is 4.00. The molecule has 2 rings (SSSR count). The van der Waals surface area contributed by atoms with Gasteiger partial charge in [0.25, 0.3) is 11.8 Å². The van der Waals surface area contributed by atoms with Crippen molar-refractivity contribution in [2.24, 2.45) is 0 Å². The van der Waals surface area contributed by atoms with Crippen LogP contribution < -0.4 is 14.4 Å². The van der Waals surface area contributed by atoms with Gasteiger partial charge in [-0.2, -0.15) is 23.1 Å². The number of rotatable bonds is 9. The lowest BCUT2D eigenvalue weighted by Gasteiger charge is -2.20. The van der Waals surface area contributed by atoms with Crippen LogP contribution in [0.4, 0.5) is 36.4 Å². The third-order valence-electron chi connectivity index (χ3n) is 4.00. The Morgan fingerprint density at radius 2 is 1.31 bits per heavy atom. The molecule has 0 atom stereocenters. The monoisotopic (exact) mass is 511 g/mol. The van der Waals surface area contributed by atoms with Crippen molar-refractivity contribution in [3.63, 3.8) is 0 Å². The Labute approximate surface area is 194 Å². The first kappa shape index (κ1) is 27.8. The van der Waals surface area contributed by atoms with E-state index < -0.39 is 72.6 Å². The molecule has 0 aliphatic heterocycles. The first-order chi connectivity index (χ1) is 15.9. The van der Waals surface area contributed by atoms with Crippen LogP contribution in [0.2, 0.25) is 0 Å². The summed E-state index contributed by atoms with van der Waals surface area (Å²) >= 11 is 0. The lowest BCUT2D eigenvalue weighted by Crippen LogP contribution is -2.36. The molecule has 0 saturated heterocycles. The van der Waals surface area contributed by atoms with Crippen LogP contribution in [0.25, 0.3) is 0 Å². The van der Waals surface area contributed by atoms with Crippen molar-refractivity contribution >= 4 is 17.5 Å². The molecule has 192 valence electrons. The molecule has 1 heterocycles. The number of benzene rings is 1. The van der Waals surface area contributed by atoms with E-state index in [1.807, 2.05) is 0 Å². The van der Waals surface area contributed by atoms with Crippen LogP contribution in [0.1, 0.15) is 32.2 Å². The summed E-state index contributed by atoms with van der Waals surface area (Å²) in [4.78, 5) is 32.9. The number of aromatic nitrogens is 2. The van der Waals surface area contributed by atoms with Crippen LogP contribution in [0.15, 0.2) is 30.3 Å². The Bertz CT molecular complexity index is 1010. The smallest absolute Gasteiger partial charge is 0.416 e. The summed E-state index contributed by atoms with van der Waals surface area (Å²) in [7, 11) is 0. The van der Waals surface area contributed by atoms with E-state index in [1.54, 1.807) is 0 Å². The Kier molecular flexibility index (Phi) is 8.29. The minimum absolute atomic E-state index is 0.185. The summed E-state index contributed by atoms with van der Waals surface area (Å²) in [5.41, 5.74) is -1.19. The Balaban J connectivity index is 2.32. The molecule has 0 N–H and O–H groups in total. The molecule has 2 amide bonds. The topological polar surface area (TPSA) is 81.6 Å². The van der Waals surface area contributed by atoms with Crippen molar-refractivity contribution in [3.05, 3.63) is 41.7 Å². The van der Waals surface area contributed by atoms with E-state index in [0.29, 0.717) is 30.9 Å². The van der Waals surface area contributed by atoms with Gasteiger partial charge in [0.05, 0.1) is 23.7 Å². The molecule has 0 saturated carbocycles. The summed E-state index contributed by atoms with van der Waals surface area (Å²) in [6.45, 7) is -0.167. The minimum atomic E-state index is -4.64. The summed E-state index contributed by atoms with van der Waals surface area (Å²) < 4.78 is 101. The molecule has 0 fully saturated rings. The van der Waals surface area contributed by atoms with Gasteiger partial charge in [0.2, 0.25) is 23.6 Å². The van der Waals surface area contributed by atoms with Gasteiger partial charge < -0.3 is 9.47 Å². The molecule has 2 aromatic rings. The highest BCUT2D eigenvalue weighted by Crippen LogP contribution is 2.31. The molecular weight excluding hydrogens is 491 g/mol. The standard InChI is InChI=1S/C21H20F7N3O4/c1-12(32)31(14-6-4-13(5-7-14)21(26,27)28)18(33)8-15-29-16(34-10-19(2,22)23)9-17(30-15)35-11-20(3,24)25/h4-7,9H,8,10-11H2,1-3H3. The number of carbonyl (C=O) groups excluding carboxylic acids is 2. The van der Waals surface area contributed by atoms with Gasteiger partial charge in [-0.3, -0.25) is 14.5 Å². The zero-order valence-corrected chi connectivity index (χ0v) is 18.6. The number of anilines is 1. The van der Waals surface area contributed by atoms with E-state index in [0.717, 1.165) is 25.1 Å². The predicted molar refractivity (Wildman–Crippen MR) is 108 cm³/mol. The lowest BCUT2D eigenvalue weighted by atomic mass is 10.1. The highest BCUT2D eigenvalue weighted by molar-refractivity contribution is 6.14. The van der Waals surface area contributed by atoms with Gasteiger partial charge in [-0.1, -0.05) is 0 Å². The molecule has 7 nitrogen and oxygen atoms in total. The van der Waals surface area contributed by atoms with Crippen LogP contribution in [0.3, 0.4) is 0 Å². The second-order valence-electron chi connectivity index (χ2n) is 7.65. The maximum Gasteiger partial charge on any atom is 0.416 e. The van der Waals surface area contributed by atoms with E-state index in [2.05, 4.69) is 9.97 Å². The number of hydrogen-bond acceptors (Lipinski definition) is 6. The maximum atomic E-state index is 13.1. The molecule has 1 aromatic carbocycles.